The highest BCUT2D eigenvalue weighted by Gasteiger charge is 2.20. The van der Waals surface area contributed by atoms with Gasteiger partial charge < -0.3 is 14.6 Å². The Bertz CT molecular complexity index is 987. The van der Waals surface area contributed by atoms with Crippen molar-refractivity contribution in [2.75, 3.05) is 32.9 Å². The Morgan fingerprint density at radius 1 is 1.29 bits per heavy atom. The molecule has 3 rings (SSSR count). The number of carbonyl (C=O) groups is 1. The van der Waals surface area contributed by atoms with Crippen molar-refractivity contribution in [1.29, 1.82) is 0 Å². The predicted octanol–water partition coefficient (Wildman–Crippen LogP) is 4.50. The second-order valence-electron chi connectivity index (χ2n) is 6.92. The summed E-state index contributed by atoms with van der Waals surface area (Å²) in [5.74, 6) is -1.91. The Morgan fingerprint density at radius 2 is 2.06 bits per heavy atom. The summed E-state index contributed by atoms with van der Waals surface area (Å²) in [6.07, 6.45) is 1.22. The number of halogens is 2. The van der Waals surface area contributed by atoms with Crippen LogP contribution in [0.3, 0.4) is 0 Å². The smallest absolute Gasteiger partial charge is 0.343 e. The Kier molecular flexibility index (Phi) is 8.56. The second kappa shape index (κ2) is 11.4. The number of nitrogens with zero attached hydrogens (tertiary/aromatic N) is 2. The van der Waals surface area contributed by atoms with Crippen LogP contribution >= 0.6 is 22.6 Å². The van der Waals surface area contributed by atoms with Gasteiger partial charge in [0.15, 0.2) is 0 Å². The second-order valence-corrected chi connectivity index (χ2v) is 8.17. The van der Waals surface area contributed by atoms with E-state index in [4.69, 9.17) is 9.47 Å². The summed E-state index contributed by atoms with van der Waals surface area (Å²) < 4.78 is 26.0. The molecular formula is C23H24FIN2O4. The van der Waals surface area contributed by atoms with Crippen LogP contribution in [0.15, 0.2) is 53.0 Å². The van der Waals surface area contributed by atoms with Crippen molar-refractivity contribution in [3.05, 3.63) is 68.6 Å². The number of aliphatic hydroxyl groups excluding tert-OH is 1. The molecule has 8 heteroatoms. The van der Waals surface area contributed by atoms with Crippen LogP contribution in [0.4, 0.5) is 10.1 Å². The van der Waals surface area contributed by atoms with E-state index in [0.717, 1.165) is 22.2 Å². The van der Waals surface area contributed by atoms with Crippen molar-refractivity contribution in [3.8, 4) is 0 Å². The average Bonchev–Trinajstić information content (AvgIpc) is 2.76. The van der Waals surface area contributed by atoms with Gasteiger partial charge in [0.25, 0.3) is 0 Å². The zero-order valence-corrected chi connectivity index (χ0v) is 19.3. The van der Waals surface area contributed by atoms with E-state index < -0.39 is 17.5 Å². The minimum Gasteiger partial charge on any atom is -0.506 e. The number of hydrogen-bond acceptors (Lipinski definition) is 6. The number of benzene rings is 2. The van der Waals surface area contributed by atoms with Gasteiger partial charge in [-0.05, 0) is 65.4 Å². The van der Waals surface area contributed by atoms with Gasteiger partial charge in [0.05, 0.1) is 31.1 Å². The van der Waals surface area contributed by atoms with Gasteiger partial charge in [-0.1, -0.05) is 12.1 Å². The van der Waals surface area contributed by atoms with Gasteiger partial charge in [-0.2, -0.15) is 0 Å². The maximum atomic E-state index is 14.6. The lowest BCUT2D eigenvalue weighted by atomic mass is 10.0. The molecule has 0 atom stereocenters. The molecule has 2 aromatic rings. The largest absolute Gasteiger partial charge is 0.506 e. The first-order chi connectivity index (χ1) is 15.0. The van der Waals surface area contributed by atoms with Crippen LogP contribution in [-0.2, 0) is 20.8 Å². The van der Waals surface area contributed by atoms with Gasteiger partial charge >= 0.3 is 5.97 Å². The number of ether oxygens (including phenoxy) is 2. The highest BCUT2D eigenvalue weighted by atomic mass is 127. The third-order valence-electron chi connectivity index (χ3n) is 4.70. The van der Waals surface area contributed by atoms with Crippen LogP contribution in [-0.4, -0.2) is 55.1 Å². The van der Waals surface area contributed by atoms with E-state index in [1.165, 1.54) is 12.3 Å². The Labute approximate surface area is 194 Å². The number of aliphatic hydroxyl groups is 1. The molecule has 1 N–H and O–H groups in total. The average molecular weight is 538 g/mol. The van der Waals surface area contributed by atoms with Crippen molar-refractivity contribution in [2.24, 2.45) is 4.99 Å². The molecule has 0 aliphatic carbocycles. The Morgan fingerprint density at radius 3 is 2.77 bits per heavy atom. The third-order valence-corrected chi connectivity index (χ3v) is 5.37. The van der Waals surface area contributed by atoms with E-state index >= 15 is 0 Å². The van der Waals surface area contributed by atoms with E-state index in [2.05, 4.69) is 32.5 Å². The third kappa shape index (κ3) is 6.59. The molecule has 0 bridgehead atoms. The molecule has 0 spiro atoms. The van der Waals surface area contributed by atoms with E-state index in [9.17, 15) is 14.3 Å². The molecule has 1 heterocycles. The number of aliphatic imine (C=N–C) groups is 1. The van der Waals surface area contributed by atoms with E-state index in [0.29, 0.717) is 25.4 Å². The topological polar surface area (TPSA) is 71.4 Å². The summed E-state index contributed by atoms with van der Waals surface area (Å²) >= 11 is 2.15. The van der Waals surface area contributed by atoms with Crippen LogP contribution in [0, 0.1) is 9.39 Å². The fraction of sp³-hybridized carbons (Fsp3) is 0.304. The molecule has 31 heavy (non-hydrogen) atoms. The fourth-order valence-electron chi connectivity index (χ4n) is 3.13. The van der Waals surface area contributed by atoms with Crippen LogP contribution in [0.2, 0.25) is 0 Å². The van der Waals surface area contributed by atoms with Gasteiger partial charge in [0.2, 0.25) is 0 Å². The maximum absolute atomic E-state index is 14.6. The summed E-state index contributed by atoms with van der Waals surface area (Å²) in [4.78, 5) is 18.9. The summed E-state index contributed by atoms with van der Waals surface area (Å²) in [6, 6.07) is 11.8. The lowest BCUT2D eigenvalue weighted by Crippen LogP contribution is -2.35. The van der Waals surface area contributed by atoms with Gasteiger partial charge in [-0.25, -0.2) is 9.18 Å². The summed E-state index contributed by atoms with van der Waals surface area (Å²) in [5, 5.41) is 10.8. The number of morpholine rings is 1. The monoisotopic (exact) mass is 538 g/mol. The van der Waals surface area contributed by atoms with Crippen molar-refractivity contribution in [2.45, 2.75) is 13.5 Å². The van der Waals surface area contributed by atoms with E-state index in [-0.39, 0.29) is 17.7 Å². The van der Waals surface area contributed by atoms with Crippen LogP contribution in [0.25, 0.3) is 5.76 Å². The zero-order valence-electron chi connectivity index (χ0n) is 17.2. The first kappa shape index (κ1) is 23.4. The molecule has 2 aromatic carbocycles. The van der Waals surface area contributed by atoms with E-state index in [1.54, 1.807) is 25.1 Å². The number of rotatable bonds is 7. The summed E-state index contributed by atoms with van der Waals surface area (Å²) in [7, 11) is 0. The normalized spacial score (nSPS) is 15.7. The van der Waals surface area contributed by atoms with Crippen LogP contribution < -0.4 is 0 Å². The molecule has 0 radical (unpaired) electrons. The van der Waals surface area contributed by atoms with Crippen molar-refractivity contribution >= 4 is 46.2 Å². The molecule has 1 saturated heterocycles. The lowest BCUT2D eigenvalue weighted by molar-refractivity contribution is -0.137. The van der Waals surface area contributed by atoms with Crippen LogP contribution in [0.1, 0.15) is 18.1 Å². The molecule has 0 amide bonds. The maximum Gasteiger partial charge on any atom is 0.343 e. The minimum atomic E-state index is -0.771. The standard InChI is InChI=1S/C23H24FIN2O4/c1-2-31-23(29)20(14-26-18-5-3-4-17(25)13-18)22(28)19-12-16(6-7-21(19)24)15-27-8-10-30-11-9-27/h3-7,12-14,28H,2,8-11,15H2,1H3. The zero-order chi connectivity index (χ0) is 22.2. The quantitative estimate of drug-likeness (QED) is 0.185. The molecule has 1 aliphatic rings. The minimum absolute atomic E-state index is 0.0668. The molecule has 1 aliphatic heterocycles. The molecule has 164 valence electrons. The SMILES string of the molecule is CCOC(=O)C(C=Nc1cccc(I)c1)=C(O)c1cc(CN2CCOCC2)ccc1F. The van der Waals surface area contributed by atoms with Crippen molar-refractivity contribution in [3.63, 3.8) is 0 Å². The lowest BCUT2D eigenvalue weighted by Gasteiger charge is -2.26. The molecule has 1 fully saturated rings. The molecule has 6 nitrogen and oxygen atoms in total. The first-order valence-corrected chi connectivity index (χ1v) is 11.0. The first-order valence-electron chi connectivity index (χ1n) is 9.97. The van der Waals surface area contributed by atoms with Crippen molar-refractivity contribution in [1.82, 2.24) is 4.90 Å². The van der Waals surface area contributed by atoms with Gasteiger partial charge in [0.1, 0.15) is 17.1 Å². The summed E-state index contributed by atoms with van der Waals surface area (Å²) in [6.45, 7) is 5.24. The predicted molar refractivity (Wildman–Crippen MR) is 126 cm³/mol. The summed E-state index contributed by atoms with van der Waals surface area (Å²) in [5.41, 5.74) is 1.15. The van der Waals surface area contributed by atoms with Gasteiger partial charge in [-0.15, -0.1) is 0 Å². The molecule has 0 aromatic heterocycles. The van der Waals surface area contributed by atoms with Gasteiger partial charge in [0, 0.05) is 29.4 Å². The molecule has 0 saturated carbocycles. The molecule has 0 unspecified atom stereocenters. The number of esters is 1. The highest BCUT2D eigenvalue weighted by molar-refractivity contribution is 14.1. The van der Waals surface area contributed by atoms with Crippen molar-refractivity contribution < 1.29 is 23.8 Å². The van der Waals surface area contributed by atoms with E-state index in [1.807, 2.05) is 18.2 Å². The highest BCUT2D eigenvalue weighted by Crippen LogP contribution is 2.23. The Balaban J connectivity index is 1.95. The van der Waals surface area contributed by atoms with Gasteiger partial charge in [-0.3, -0.25) is 9.89 Å². The Hall–Kier alpha value is -2.30. The van der Waals surface area contributed by atoms with Crippen LogP contribution in [0.5, 0.6) is 0 Å². The molecular weight excluding hydrogens is 514 g/mol. The number of hydrogen-bond donors (Lipinski definition) is 1. The fourth-order valence-corrected chi connectivity index (χ4v) is 3.66. The number of carbonyl (C=O) groups excluding carboxylic acids is 1.